The molecule has 142 valence electrons. The molecule has 0 bridgehead atoms. The first-order valence-corrected chi connectivity index (χ1v) is 8.65. The maximum atomic E-state index is 11.7. The summed E-state index contributed by atoms with van der Waals surface area (Å²) in [4.78, 5) is 22.5. The van der Waals surface area contributed by atoms with E-state index in [1.807, 2.05) is 6.92 Å². The smallest absolute Gasteiger partial charge is 0.330 e. The summed E-state index contributed by atoms with van der Waals surface area (Å²) in [5.74, 6) is -1.01. The molecule has 0 aliphatic carbocycles. The zero-order valence-corrected chi connectivity index (χ0v) is 16.1. The lowest BCUT2D eigenvalue weighted by Gasteiger charge is -2.13. The quantitative estimate of drug-likeness (QED) is 0.347. The van der Waals surface area contributed by atoms with Crippen LogP contribution < -0.4 is 0 Å². The van der Waals surface area contributed by atoms with E-state index in [0.717, 1.165) is 31.3 Å². The van der Waals surface area contributed by atoms with Crippen LogP contribution in [-0.2, 0) is 19.1 Å². The molecule has 1 N–H and O–H groups in total. The average molecular weight is 352 g/mol. The Morgan fingerprint density at radius 2 is 1.56 bits per heavy atom. The minimum atomic E-state index is -0.818. The van der Waals surface area contributed by atoms with Crippen LogP contribution in [0.4, 0.5) is 0 Å². The fourth-order valence-electron chi connectivity index (χ4n) is 2.09. The summed E-state index contributed by atoms with van der Waals surface area (Å²) in [7, 11) is 0. The molecule has 0 fully saturated rings. The van der Waals surface area contributed by atoms with Crippen LogP contribution in [0.3, 0.4) is 0 Å². The predicted octanol–water partition coefficient (Wildman–Crippen LogP) is 3.87. The lowest BCUT2D eigenvalue weighted by Crippen LogP contribution is -2.27. The number of carbonyl (C=O) groups is 2. The molecule has 0 saturated carbocycles. The molecule has 25 heavy (non-hydrogen) atoms. The minimum Gasteiger partial charge on any atom is -0.458 e. The third-order valence-electron chi connectivity index (χ3n) is 3.43. The molecule has 0 aromatic carbocycles. The molecule has 0 amide bonds. The monoisotopic (exact) mass is 352 g/mol. The highest BCUT2D eigenvalue weighted by atomic mass is 16.6. The van der Waals surface area contributed by atoms with E-state index in [4.69, 9.17) is 14.6 Å². The lowest BCUT2D eigenvalue weighted by atomic mass is 10.1. The van der Waals surface area contributed by atoms with Crippen molar-refractivity contribution in [2.24, 2.45) is 0 Å². The topological polar surface area (TPSA) is 72.8 Å². The minimum absolute atomic E-state index is 0.151. The fraction of sp³-hybridized carbons (Fsp3) is 0.600. The van der Waals surface area contributed by atoms with Crippen LogP contribution >= 0.6 is 0 Å². The molecule has 5 nitrogen and oxygen atoms in total. The van der Waals surface area contributed by atoms with Gasteiger partial charge in [-0.1, -0.05) is 28.9 Å². The molecule has 0 saturated heterocycles. The Bertz CT molecular complexity index is 510. The maximum Gasteiger partial charge on any atom is 0.330 e. The fourth-order valence-corrected chi connectivity index (χ4v) is 2.09. The lowest BCUT2D eigenvalue weighted by molar-refractivity contribution is -0.157. The highest BCUT2D eigenvalue weighted by Gasteiger charge is 2.13. The summed E-state index contributed by atoms with van der Waals surface area (Å²) in [6.45, 7) is 8.90. The van der Waals surface area contributed by atoms with Crippen LogP contribution in [0.2, 0.25) is 0 Å². The molecule has 0 spiro atoms. The second kappa shape index (κ2) is 13.4. The number of carbonyl (C=O) groups excluding carboxylic acids is 2. The third kappa shape index (κ3) is 14.2. The summed E-state index contributed by atoms with van der Waals surface area (Å²) in [6.07, 6.45) is 8.81. The summed E-state index contributed by atoms with van der Waals surface area (Å²) in [5, 5.41) is 9.04. The Balaban J connectivity index is 4.19. The Labute approximate surface area is 151 Å². The van der Waals surface area contributed by atoms with E-state index < -0.39 is 18.0 Å². The van der Waals surface area contributed by atoms with Crippen molar-refractivity contribution < 1.29 is 24.2 Å². The molecule has 1 atom stereocenters. The summed E-state index contributed by atoms with van der Waals surface area (Å²) in [5.41, 5.74) is 3.61. The van der Waals surface area contributed by atoms with Gasteiger partial charge >= 0.3 is 11.9 Å². The van der Waals surface area contributed by atoms with E-state index in [9.17, 15) is 9.59 Å². The number of aliphatic hydroxyl groups is 1. The van der Waals surface area contributed by atoms with E-state index in [-0.39, 0.29) is 13.2 Å². The molecule has 0 aromatic rings. The Morgan fingerprint density at radius 1 is 0.960 bits per heavy atom. The number of hydrogen-bond acceptors (Lipinski definition) is 5. The van der Waals surface area contributed by atoms with Crippen LogP contribution in [0.5, 0.6) is 0 Å². The van der Waals surface area contributed by atoms with Crippen molar-refractivity contribution in [3.8, 4) is 0 Å². The molecule has 0 unspecified atom stereocenters. The standard InChI is InChI=1S/C20H32O5/c1-15(2)8-6-9-16(3)10-7-11-17(4)12-20(23)24-14-19(13-21)25-18(5)22/h8,10,12,19,21H,6-7,9,11,13-14H2,1-5H3/b16-10+,17-12+/t19-/m0/s1. The zero-order chi connectivity index (χ0) is 19.2. The summed E-state index contributed by atoms with van der Waals surface area (Å²) >= 11 is 0. The normalized spacial score (nSPS) is 13.2. The molecular weight excluding hydrogens is 320 g/mol. The van der Waals surface area contributed by atoms with E-state index in [1.165, 1.54) is 24.1 Å². The van der Waals surface area contributed by atoms with Crippen molar-refractivity contribution in [2.75, 3.05) is 13.2 Å². The number of aliphatic hydroxyl groups excluding tert-OH is 1. The van der Waals surface area contributed by atoms with Crippen LogP contribution in [0, 0.1) is 0 Å². The van der Waals surface area contributed by atoms with E-state index >= 15 is 0 Å². The number of rotatable bonds is 11. The van der Waals surface area contributed by atoms with Crippen molar-refractivity contribution in [1.82, 2.24) is 0 Å². The highest BCUT2D eigenvalue weighted by molar-refractivity contribution is 5.82. The van der Waals surface area contributed by atoms with Crippen LogP contribution in [-0.4, -0.2) is 36.4 Å². The Morgan fingerprint density at radius 3 is 2.12 bits per heavy atom. The number of ether oxygens (including phenoxy) is 2. The van der Waals surface area contributed by atoms with Gasteiger partial charge in [-0.3, -0.25) is 4.79 Å². The third-order valence-corrected chi connectivity index (χ3v) is 3.43. The first kappa shape index (κ1) is 23.1. The second-order valence-electron chi connectivity index (χ2n) is 6.44. The molecule has 0 radical (unpaired) electrons. The molecule has 0 rings (SSSR count). The van der Waals surface area contributed by atoms with Crippen molar-refractivity contribution >= 4 is 11.9 Å². The second-order valence-corrected chi connectivity index (χ2v) is 6.44. The molecule has 0 aromatic heterocycles. The number of esters is 2. The van der Waals surface area contributed by atoms with Crippen molar-refractivity contribution in [1.29, 1.82) is 0 Å². The van der Waals surface area contributed by atoms with Gasteiger partial charge in [-0.15, -0.1) is 0 Å². The molecule has 0 aliphatic heterocycles. The Kier molecular flexibility index (Phi) is 12.4. The first-order chi connectivity index (χ1) is 11.7. The molecule has 0 heterocycles. The van der Waals surface area contributed by atoms with Gasteiger partial charge in [-0.05, 0) is 53.4 Å². The van der Waals surface area contributed by atoms with Crippen LogP contribution in [0.1, 0.15) is 60.3 Å². The SMILES string of the molecule is CC(=O)O[C@@H](CO)COC(=O)/C=C(\C)CC/C=C(\C)CCC=C(C)C. The average Bonchev–Trinajstić information content (AvgIpc) is 2.50. The van der Waals surface area contributed by atoms with Crippen molar-refractivity contribution in [2.45, 2.75) is 66.4 Å². The van der Waals surface area contributed by atoms with Gasteiger partial charge in [0.1, 0.15) is 6.61 Å². The molecule has 5 heteroatoms. The summed E-state index contributed by atoms with van der Waals surface area (Å²) in [6, 6.07) is 0. The van der Waals surface area contributed by atoms with E-state index in [0.29, 0.717) is 0 Å². The summed E-state index contributed by atoms with van der Waals surface area (Å²) < 4.78 is 9.79. The molecular formula is C20H32O5. The number of allylic oxidation sites excluding steroid dienone is 5. The largest absolute Gasteiger partial charge is 0.458 e. The van der Waals surface area contributed by atoms with Gasteiger partial charge in [0.2, 0.25) is 0 Å². The van der Waals surface area contributed by atoms with Crippen LogP contribution in [0.15, 0.2) is 34.9 Å². The highest BCUT2D eigenvalue weighted by Crippen LogP contribution is 2.11. The van der Waals surface area contributed by atoms with Crippen molar-refractivity contribution in [3.63, 3.8) is 0 Å². The van der Waals surface area contributed by atoms with Gasteiger partial charge in [0, 0.05) is 13.0 Å². The van der Waals surface area contributed by atoms with E-state index in [1.54, 1.807) is 0 Å². The van der Waals surface area contributed by atoms with Gasteiger partial charge in [0.25, 0.3) is 0 Å². The van der Waals surface area contributed by atoms with Gasteiger partial charge in [-0.2, -0.15) is 0 Å². The van der Waals surface area contributed by atoms with Crippen LogP contribution in [0.25, 0.3) is 0 Å². The predicted molar refractivity (Wildman–Crippen MR) is 99.0 cm³/mol. The van der Waals surface area contributed by atoms with Crippen molar-refractivity contribution in [3.05, 3.63) is 34.9 Å². The van der Waals surface area contributed by atoms with Gasteiger partial charge in [0.15, 0.2) is 6.10 Å². The van der Waals surface area contributed by atoms with Gasteiger partial charge in [-0.25, -0.2) is 4.79 Å². The van der Waals surface area contributed by atoms with E-state index in [2.05, 4.69) is 32.9 Å². The Hall–Kier alpha value is -1.88. The molecule has 0 aliphatic rings. The van der Waals surface area contributed by atoms with Gasteiger partial charge in [0.05, 0.1) is 6.61 Å². The zero-order valence-electron chi connectivity index (χ0n) is 16.1. The number of hydrogen-bond donors (Lipinski definition) is 1. The maximum absolute atomic E-state index is 11.7. The first-order valence-electron chi connectivity index (χ1n) is 8.65. The van der Waals surface area contributed by atoms with Gasteiger partial charge < -0.3 is 14.6 Å².